The van der Waals surface area contributed by atoms with E-state index in [-0.39, 0.29) is 40.6 Å². The highest BCUT2D eigenvalue weighted by molar-refractivity contribution is 8.00. The molecule has 9 heteroatoms. The van der Waals surface area contributed by atoms with Gasteiger partial charge in [0.05, 0.1) is 16.4 Å². The van der Waals surface area contributed by atoms with Gasteiger partial charge in [-0.05, 0) is 24.3 Å². The Labute approximate surface area is 161 Å². The predicted octanol–water partition coefficient (Wildman–Crippen LogP) is 2.82. The van der Waals surface area contributed by atoms with Crippen LogP contribution in [0.4, 0.5) is 6.01 Å². The van der Waals surface area contributed by atoms with Crippen molar-refractivity contribution >= 4 is 33.5 Å². The number of rotatable bonds is 8. The summed E-state index contributed by atoms with van der Waals surface area (Å²) in [5, 5.41) is 10.0. The molecule has 7 nitrogen and oxygen atoms in total. The van der Waals surface area contributed by atoms with E-state index in [2.05, 4.69) is 15.5 Å². The minimum Gasteiger partial charge on any atom is -0.408 e. The minimum atomic E-state index is -3.43. The second-order valence-corrected chi connectivity index (χ2v) is 8.69. The Morgan fingerprint density at radius 2 is 1.67 bits per heavy atom. The molecule has 1 N–H and O–H groups in total. The Morgan fingerprint density at radius 1 is 1.00 bits per heavy atom. The lowest BCUT2D eigenvalue weighted by molar-refractivity contribution is -0.113. The van der Waals surface area contributed by atoms with Gasteiger partial charge in [0.15, 0.2) is 9.84 Å². The number of thioether (sulfide) groups is 1. The molecule has 140 valence electrons. The van der Waals surface area contributed by atoms with Crippen molar-refractivity contribution in [1.29, 1.82) is 0 Å². The summed E-state index contributed by atoms with van der Waals surface area (Å²) in [5.74, 6) is -0.0860. The standard InChI is InChI=1S/C18H17N3O4S2/c22-16(13-26-14-7-3-1-4-8-14)19-18-21-20-17(25-18)11-12-27(23,24)15-9-5-2-6-10-15/h1-10H,11-13H2,(H,19,21,22). The summed E-state index contributed by atoms with van der Waals surface area (Å²) in [6, 6.07) is 17.7. The number of carbonyl (C=O) groups is 1. The van der Waals surface area contributed by atoms with Crippen molar-refractivity contribution in [2.45, 2.75) is 16.2 Å². The van der Waals surface area contributed by atoms with Crippen molar-refractivity contribution in [3.63, 3.8) is 0 Å². The molecule has 3 rings (SSSR count). The van der Waals surface area contributed by atoms with Crippen LogP contribution in [0.3, 0.4) is 0 Å². The highest BCUT2D eigenvalue weighted by Crippen LogP contribution is 2.17. The van der Waals surface area contributed by atoms with Crippen LogP contribution in [0.2, 0.25) is 0 Å². The van der Waals surface area contributed by atoms with E-state index in [1.54, 1.807) is 30.3 Å². The number of aryl methyl sites for hydroxylation is 1. The van der Waals surface area contributed by atoms with E-state index in [0.29, 0.717) is 0 Å². The van der Waals surface area contributed by atoms with E-state index in [9.17, 15) is 13.2 Å². The number of hydrogen-bond donors (Lipinski definition) is 1. The first kappa shape index (κ1) is 19.1. The largest absolute Gasteiger partial charge is 0.408 e. The summed E-state index contributed by atoms with van der Waals surface area (Å²) in [5.41, 5.74) is 0. The van der Waals surface area contributed by atoms with Gasteiger partial charge in [-0.25, -0.2) is 8.42 Å². The van der Waals surface area contributed by atoms with Gasteiger partial charge in [0.2, 0.25) is 11.8 Å². The Balaban J connectivity index is 1.50. The van der Waals surface area contributed by atoms with Crippen molar-refractivity contribution in [3.05, 3.63) is 66.6 Å². The van der Waals surface area contributed by atoms with Gasteiger partial charge in [-0.3, -0.25) is 10.1 Å². The molecule has 1 amide bonds. The van der Waals surface area contributed by atoms with Crippen molar-refractivity contribution in [2.24, 2.45) is 0 Å². The molecule has 0 spiro atoms. The second kappa shape index (κ2) is 8.83. The van der Waals surface area contributed by atoms with E-state index in [1.165, 1.54) is 11.8 Å². The fraction of sp³-hybridized carbons (Fsp3) is 0.167. The Kier molecular flexibility index (Phi) is 6.25. The zero-order valence-electron chi connectivity index (χ0n) is 14.2. The molecule has 0 saturated carbocycles. The third kappa shape index (κ3) is 5.66. The van der Waals surface area contributed by atoms with Crippen molar-refractivity contribution in [2.75, 3.05) is 16.8 Å². The topological polar surface area (TPSA) is 102 Å². The normalized spacial score (nSPS) is 11.3. The van der Waals surface area contributed by atoms with E-state index < -0.39 is 9.84 Å². The molecule has 0 radical (unpaired) electrons. The lowest BCUT2D eigenvalue weighted by Crippen LogP contribution is -2.14. The molecule has 3 aromatic rings. The van der Waals surface area contributed by atoms with Crippen LogP contribution in [0, 0.1) is 0 Å². The first-order chi connectivity index (χ1) is 13.0. The Hall–Kier alpha value is -2.65. The summed E-state index contributed by atoms with van der Waals surface area (Å²) >= 11 is 1.38. The lowest BCUT2D eigenvalue weighted by atomic mass is 10.4. The highest BCUT2D eigenvalue weighted by atomic mass is 32.2. The molecule has 2 aromatic carbocycles. The van der Waals surface area contributed by atoms with Gasteiger partial charge in [-0.1, -0.05) is 41.5 Å². The van der Waals surface area contributed by atoms with Crippen LogP contribution < -0.4 is 5.32 Å². The summed E-state index contributed by atoms with van der Waals surface area (Å²) < 4.78 is 29.8. The first-order valence-electron chi connectivity index (χ1n) is 8.11. The summed E-state index contributed by atoms with van der Waals surface area (Å²) in [6.07, 6.45) is 0.0683. The zero-order chi connectivity index (χ0) is 19.1. The number of hydrogen-bond acceptors (Lipinski definition) is 7. The molecule has 0 atom stereocenters. The molecule has 1 heterocycles. The molecule has 0 aliphatic carbocycles. The van der Waals surface area contributed by atoms with Crippen LogP contribution in [0.5, 0.6) is 0 Å². The van der Waals surface area contributed by atoms with Crippen molar-refractivity contribution in [3.8, 4) is 0 Å². The van der Waals surface area contributed by atoms with Crippen LogP contribution in [0.1, 0.15) is 5.89 Å². The smallest absolute Gasteiger partial charge is 0.322 e. The number of nitrogens with one attached hydrogen (secondary N) is 1. The zero-order valence-corrected chi connectivity index (χ0v) is 15.9. The third-order valence-corrected chi connectivity index (χ3v) is 6.26. The maximum absolute atomic E-state index is 12.2. The number of carbonyl (C=O) groups excluding carboxylic acids is 1. The lowest BCUT2D eigenvalue weighted by Gasteiger charge is -2.02. The Bertz CT molecular complexity index is 990. The molecule has 0 saturated heterocycles. The van der Waals surface area contributed by atoms with E-state index in [1.807, 2.05) is 30.3 Å². The van der Waals surface area contributed by atoms with Gasteiger partial charge in [0, 0.05) is 11.3 Å². The number of anilines is 1. The quantitative estimate of drug-likeness (QED) is 0.577. The number of amides is 1. The number of aromatic nitrogens is 2. The van der Waals surface area contributed by atoms with Crippen molar-refractivity contribution in [1.82, 2.24) is 10.2 Å². The molecule has 27 heavy (non-hydrogen) atoms. The highest BCUT2D eigenvalue weighted by Gasteiger charge is 2.17. The van der Waals surface area contributed by atoms with Gasteiger partial charge in [0.1, 0.15) is 0 Å². The SMILES string of the molecule is O=C(CSc1ccccc1)Nc1nnc(CCS(=O)(=O)c2ccccc2)o1. The van der Waals surface area contributed by atoms with Gasteiger partial charge >= 0.3 is 6.01 Å². The van der Waals surface area contributed by atoms with Crippen LogP contribution in [0.15, 0.2) is 74.9 Å². The van der Waals surface area contributed by atoms with Crippen molar-refractivity contribution < 1.29 is 17.6 Å². The first-order valence-corrected chi connectivity index (χ1v) is 10.7. The van der Waals surface area contributed by atoms with Gasteiger partial charge in [0.25, 0.3) is 0 Å². The maximum Gasteiger partial charge on any atom is 0.322 e. The maximum atomic E-state index is 12.2. The molecular weight excluding hydrogens is 386 g/mol. The van der Waals surface area contributed by atoms with Crippen LogP contribution in [-0.2, 0) is 21.1 Å². The monoisotopic (exact) mass is 403 g/mol. The molecule has 0 aliphatic rings. The van der Waals surface area contributed by atoms with Gasteiger partial charge < -0.3 is 4.42 Å². The van der Waals surface area contributed by atoms with Gasteiger partial charge in [-0.15, -0.1) is 16.9 Å². The van der Waals surface area contributed by atoms with E-state index >= 15 is 0 Å². The number of nitrogens with zero attached hydrogens (tertiary/aromatic N) is 2. The second-order valence-electron chi connectivity index (χ2n) is 5.53. The van der Waals surface area contributed by atoms with Gasteiger partial charge in [-0.2, -0.15) is 0 Å². The number of benzene rings is 2. The van der Waals surface area contributed by atoms with Crippen LogP contribution in [0.25, 0.3) is 0 Å². The molecule has 0 unspecified atom stereocenters. The average molecular weight is 403 g/mol. The van der Waals surface area contributed by atoms with E-state index in [4.69, 9.17) is 4.42 Å². The average Bonchev–Trinajstić information content (AvgIpc) is 3.14. The van der Waals surface area contributed by atoms with Crippen LogP contribution in [-0.4, -0.2) is 36.0 Å². The van der Waals surface area contributed by atoms with Crippen LogP contribution >= 0.6 is 11.8 Å². The molecule has 0 aliphatic heterocycles. The minimum absolute atomic E-state index is 0.0410. The fourth-order valence-electron chi connectivity index (χ4n) is 2.19. The predicted molar refractivity (Wildman–Crippen MR) is 102 cm³/mol. The summed E-state index contributed by atoms with van der Waals surface area (Å²) in [4.78, 5) is 13.2. The molecule has 1 aromatic heterocycles. The fourth-order valence-corrected chi connectivity index (χ4v) is 4.16. The van der Waals surface area contributed by atoms with E-state index in [0.717, 1.165) is 4.90 Å². The molecular formula is C18H17N3O4S2. The number of sulfone groups is 1. The Morgan fingerprint density at radius 3 is 2.37 bits per heavy atom. The molecule has 0 bridgehead atoms. The summed E-state index contributed by atoms with van der Waals surface area (Å²) in [7, 11) is -3.43. The molecule has 0 fully saturated rings. The summed E-state index contributed by atoms with van der Waals surface area (Å²) in [6.45, 7) is 0. The third-order valence-electron chi connectivity index (χ3n) is 3.51.